The van der Waals surface area contributed by atoms with Crippen LogP contribution in [-0.2, 0) is 13.0 Å². The van der Waals surface area contributed by atoms with Crippen molar-refractivity contribution < 1.29 is 4.79 Å². The number of hydrogen-bond donors (Lipinski definition) is 1. The Morgan fingerprint density at radius 2 is 2.30 bits per heavy atom. The van der Waals surface area contributed by atoms with Gasteiger partial charge in [0.15, 0.2) is 0 Å². The summed E-state index contributed by atoms with van der Waals surface area (Å²) in [5.41, 5.74) is 8.65. The Labute approximate surface area is 122 Å². The predicted molar refractivity (Wildman–Crippen MR) is 79.6 cm³/mol. The lowest BCUT2D eigenvalue weighted by atomic mass is 9.93. The molecule has 0 saturated carbocycles. The standard InChI is InChI=1S/C15H17N3OS/c1-10-12-5-3-2-4-11(12)6-7-18(10)15(19)13-9-20-14(8-16)17-13/h2-5,9-10H,6-8,16H2,1H3/t10-/m0/s1. The first-order valence-electron chi connectivity index (χ1n) is 6.74. The Balaban J connectivity index is 1.86. The highest BCUT2D eigenvalue weighted by atomic mass is 32.1. The zero-order valence-corrected chi connectivity index (χ0v) is 12.2. The fourth-order valence-corrected chi connectivity index (χ4v) is 3.35. The van der Waals surface area contributed by atoms with Crippen molar-refractivity contribution in [2.24, 2.45) is 5.73 Å². The van der Waals surface area contributed by atoms with Gasteiger partial charge >= 0.3 is 0 Å². The van der Waals surface area contributed by atoms with Gasteiger partial charge in [0, 0.05) is 18.5 Å². The van der Waals surface area contributed by atoms with Gasteiger partial charge in [-0.15, -0.1) is 11.3 Å². The van der Waals surface area contributed by atoms with Crippen molar-refractivity contribution in [1.82, 2.24) is 9.88 Å². The van der Waals surface area contributed by atoms with E-state index in [9.17, 15) is 4.79 Å². The Bertz CT molecular complexity index is 638. The second-order valence-corrected chi connectivity index (χ2v) is 5.90. The number of thiazole rings is 1. The van der Waals surface area contributed by atoms with Crippen molar-refractivity contribution in [3.63, 3.8) is 0 Å². The molecule has 4 nitrogen and oxygen atoms in total. The van der Waals surface area contributed by atoms with Crippen LogP contribution in [0.3, 0.4) is 0 Å². The van der Waals surface area contributed by atoms with Gasteiger partial charge in [-0.25, -0.2) is 4.98 Å². The maximum Gasteiger partial charge on any atom is 0.273 e. The van der Waals surface area contributed by atoms with Crippen molar-refractivity contribution in [3.8, 4) is 0 Å². The molecule has 2 N–H and O–H groups in total. The van der Waals surface area contributed by atoms with Crippen LogP contribution < -0.4 is 5.73 Å². The largest absolute Gasteiger partial charge is 0.330 e. The van der Waals surface area contributed by atoms with Crippen LogP contribution in [0, 0.1) is 0 Å². The molecule has 1 amide bonds. The minimum Gasteiger partial charge on any atom is -0.330 e. The van der Waals surface area contributed by atoms with E-state index in [1.807, 2.05) is 11.0 Å². The van der Waals surface area contributed by atoms with Crippen LogP contribution in [0.1, 0.15) is 39.6 Å². The van der Waals surface area contributed by atoms with Gasteiger partial charge in [-0.2, -0.15) is 0 Å². The van der Waals surface area contributed by atoms with Gasteiger partial charge in [-0.05, 0) is 24.5 Å². The normalized spacial score (nSPS) is 17.9. The van der Waals surface area contributed by atoms with E-state index in [0.717, 1.165) is 18.0 Å². The summed E-state index contributed by atoms with van der Waals surface area (Å²) >= 11 is 1.45. The highest BCUT2D eigenvalue weighted by Gasteiger charge is 2.29. The van der Waals surface area contributed by atoms with Gasteiger partial charge in [0.1, 0.15) is 10.7 Å². The van der Waals surface area contributed by atoms with Gasteiger partial charge in [0.25, 0.3) is 5.91 Å². The molecule has 1 atom stereocenters. The van der Waals surface area contributed by atoms with Gasteiger partial charge < -0.3 is 10.6 Å². The van der Waals surface area contributed by atoms with Crippen molar-refractivity contribution in [1.29, 1.82) is 0 Å². The number of nitrogens with two attached hydrogens (primary N) is 1. The molecule has 0 saturated heterocycles. The summed E-state index contributed by atoms with van der Waals surface area (Å²) in [5, 5.41) is 2.61. The van der Waals surface area contributed by atoms with Crippen molar-refractivity contribution in [3.05, 3.63) is 51.5 Å². The van der Waals surface area contributed by atoms with Gasteiger partial charge in [0.2, 0.25) is 0 Å². The Morgan fingerprint density at radius 3 is 3.05 bits per heavy atom. The molecule has 0 fully saturated rings. The average Bonchev–Trinajstić information content (AvgIpc) is 2.96. The Kier molecular flexibility index (Phi) is 3.54. The number of rotatable bonds is 2. The van der Waals surface area contributed by atoms with Crippen LogP contribution in [-0.4, -0.2) is 22.3 Å². The van der Waals surface area contributed by atoms with E-state index in [0.29, 0.717) is 12.2 Å². The molecule has 1 aromatic carbocycles. The number of amides is 1. The highest BCUT2D eigenvalue weighted by Crippen LogP contribution is 2.30. The molecule has 1 aliphatic rings. The molecule has 5 heteroatoms. The molecule has 2 heterocycles. The van der Waals surface area contributed by atoms with E-state index in [2.05, 4.69) is 30.1 Å². The molecule has 1 aromatic heterocycles. The predicted octanol–water partition coefficient (Wildman–Crippen LogP) is 2.36. The Morgan fingerprint density at radius 1 is 1.50 bits per heavy atom. The number of hydrogen-bond acceptors (Lipinski definition) is 4. The fraction of sp³-hybridized carbons (Fsp3) is 0.333. The molecule has 1 aliphatic heterocycles. The van der Waals surface area contributed by atoms with Gasteiger partial charge in [-0.1, -0.05) is 24.3 Å². The van der Waals surface area contributed by atoms with Crippen LogP contribution in [0.4, 0.5) is 0 Å². The van der Waals surface area contributed by atoms with Gasteiger partial charge in [-0.3, -0.25) is 4.79 Å². The van der Waals surface area contributed by atoms with E-state index in [4.69, 9.17) is 5.73 Å². The number of carbonyl (C=O) groups excluding carboxylic acids is 1. The topological polar surface area (TPSA) is 59.2 Å². The molecule has 20 heavy (non-hydrogen) atoms. The SMILES string of the molecule is C[C@H]1c2ccccc2CCN1C(=O)c1csc(CN)n1. The zero-order chi connectivity index (χ0) is 14.1. The summed E-state index contributed by atoms with van der Waals surface area (Å²) in [6, 6.07) is 8.42. The summed E-state index contributed by atoms with van der Waals surface area (Å²) in [4.78, 5) is 18.8. The maximum absolute atomic E-state index is 12.6. The number of aromatic nitrogens is 1. The molecule has 104 valence electrons. The molecule has 3 rings (SSSR count). The van der Waals surface area contributed by atoms with Crippen LogP contribution in [0.15, 0.2) is 29.6 Å². The number of benzene rings is 1. The zero-order valence-electron chi connectivity index (χ0n) is 11.4. The van der Waals surface area contributed by atoms with E-state index < -0.39 is 0 Å². The lowest BCUT2D eigenvalue weighted by Crippen LogP contribution is -2.39. The molecule has 0 bridgehead atoms. The lowest BCUT2D eigenvalue weighted by molar-refractivity contribution is 0.0672. The number of nitrogens with zero attached hydrogens (tertiary/aromatic N) is 2. The number of fused-ring (bicyclic) bond motifs is 1. The van der Waals surface area contributed by atoms with E-state index in [-0.39, 0.29) is 11.9 Å². The van der Waals surface area contributed by atoms with E-state index in [1.54, 1.807) is 5.38 Å². The minimum atomic E-state index is 0.00273. The second kappa shape index (κ2) is 5.34. The third-order valence-corrected chi connectivity index (χ3v) is 4.67. The molecular formula is C15H17N3OS. The second-order valence-electron chi connectivity index (χ2n) is 4.95. The van der Waals surface area contributed by atoms with E-state index >= 15 is 0 Å². The third kappa shape index (κ3) is 2.23. The summed E-state index contributed by atoms with van der Waals surface area (Å²) in [6.07, 6.45) is 0.903. The molecule has 0 spiro atoms. The van der Waals surface area contributed by atoms with Crippen molar-refractivity contribution >= 4 is 17.2 Å². The quantitative estimate of drug-likeness (QED) is 0.922. The molecule has 2 aromatic rings. The minimum absolute atomic E-state index is 0.00273. The lowest BCUT2D eigenvalue weighted by Gasteiger charge is -2.34. The number of carbonyl (C=O) groups is 1. The fourth-order valence-electron chi connectivity index (χ4n) is 2.70. The molecular weight excluding hydrogens is 270 g/mol. The summed E-state index contributed by atoms with van der Waals surface area (Å²) in [6.45, 7) is 3.20. The first-order valence-corrected chi connectivity index (χ1v) is 7.62. The monoisotopic (exact) mass is 287 g/mol. The Hall–Kier alpha value is -1.72. The summed E-state index contributed by atoms with van der Waals surface area (Å²) in [5.74, 6) is 0.00273. The first-order chi connectivity index (χ1) is 9.70. The summed E-state index contributed by atoms with van der Waals surface area (Å²) < 4.78 is 0. The van der Waals surface area contributed by atoms with Crippen molar-refractivity contribution in [2.75, 3.05) is 6.54 Å². The third-order valence-electron chi connectivity index (χ3n) is 3.80. The highest BCUT2D eigenvalue weighted by molar-refractivity contribution is 7.09. The average molecular weight is 287 g/mol. The van der Waals surface area contributed by atoms with Crippen LogP contribution in [0.2, 0.25) is 0 Å². The van der Waals surface area contributed by atoms with Crippen LogP contribution in [0.25, 0.3) is 0 Å². The van der Waals surface area contributed by atoms with Gasteiger partial charge in [0.05, 0.1) is 6.04 Å². The summed E-state index contributed by atoms with van der Waals surface area (Å²) in [7, 11) is 0. The van der Waals surface area contributed by atoms with Crippen molar-refractivity contribution in [2.45, 2.75) is 25.9 Å². The molecule has 0 aliphatic carbocycles. The first kappa shape index (κ1) is 13.3. The molecule has 0 radical (unpaired) electrons. The van der Waals surface area contributed by atoms with Crippen LogP contribution in [0.5, 0.6) is 0 Å². The van der Waals surface area contributed by atoms with Crippen LogP contribution >= 0.6 is 11.3 Å². The molecule has 0 unspecified atom stereocenters. The smallest absolute Gasteiger partial charge is 0.273 e. The van der Waals surface area contributed by atoms with E-state index in [1.165, 1.54) is 22.5 Å². The maximum atomic E-state index is 12.6.